The van der Waals surface area contributed by atoms with Crippen molar-refractivity contribution in [1.29, 1.82) is 0 Å². The Morgan fingerprint density at radius 1 is 1.58 bits per heavy atom. The van der Waals surface area contributed by atoms with Gasteiger partial charge in [0.05, 0.1) is 13.5 Å². The van der Waals surface area contributed by atoms with Crippen LogP contribution in [0.25, 0.3) is 0 Å². The number of carbonyl (C=O) groups excluding carboxylic acids is 1. The zero-order valence-electron chi connectivity index (χ0n) is 11.8. The molecule has 0 bridgehead atoms. The van der Waals surface area contributed by atoms with Crippen molar-refractivity contribution in [2.45, 2.75) is 38.6 Å². The monoisotopic (exact) mass is 265 g/mol. The van der Waals surface area contributed by atoms with Gasteiger partial charge in [-0.2, -0.15) is 0 Å². The number of likely N-dealkylation sites (tertiary alicyclic amines) is 1. The molecule has 0 unspecified atom stereocenters. The molecule has 0 spiro atoms. The molecule has 0 N–H and O–H groups in total. The number of aryl methyl sites for hydroxylation is 1. The van der Waals surface area contributed by atoms with Gasteiger partial charge < -0.3 is 14.2 Å². The lowest BCUT2D eigenvalue weighted by Crippen LogP contribution is -2.35. The first kappa shape index (κ1) is 14.1. The summed E-state index contributed by atoms with van der Waals surface area (Å²) in [5.74, 6) is 1.43. The molecule has 1 saturated heterocycles. The van der Waals surface area contributed by atoms with E-state index in [9.17, 15) is 4.79 Å². The number of carbonyl (C=O) groups is 1. The Balaban J connectivity index is 2.00. The summed E-state index contributed by atoms with van der Waals surface area (Å²) in [6, 6.07) is 0. The van der Waals surface area contributed by atoms with E-state index in [1.165, 1.54) is 26.5 Å². The van der Waals surface area contributed by atoms with Crippen LogP contribution in [0.3, 0.4) is 0 Å². The summed E-state index contributed by atoms with van der Waals surface area (Å²) >= 11 is 0. The molecule has 0 radical (unpaired) electrons. The Morgan fingerprint density at radius 3 is 3.16 bits per heavy atom. The highest BCUT2D eigenvalue weighted by atomic mass is 16.5. The second kappa shape index (κ2) is 6.70. The van der Waals surface area contributed by atoms with Gasteiger partial charge in [0, 0.05) is 31.4 Å². The number of aromatic nitrogens is 2. The van der Waals surface area contributed by atoms with Gasteiger partial charge in [0.2, 0.25) is 0 Å². The molecule has 106 valence electrons. The van der Waals surface area contributed by atoms with Crippen molar-refractivity contribution in [3.63, 3.8) is 0 Å². The first-order valence-electron chi connectivity index (χ1n) is 7.04. The van der Waals surface area contributed by atoms with Crippen molar-refractivity contribution in [2.75, 3.05) is 26.7 Å². The molecule has 1 fully saturated rings. The minimum absolute atomic E-state index is 0.168. The standard InChI is InChI=1S/C14H23N3O2/c1-3-16-8-4-5-12(11-16)14-15-7-10-17(14)9-6-13(18)19-2/h7,10,12H,3-6,8-9,11H2,1-2H3/t12-/m0/s1. The number of ether oxygens (including phenoxy) is 1. The maximum Gasteiger partial charge on any atom is 0.307 e. The third-order valence-corrected chi connectivity index (χ3v) is 3.85. The summed E-state index contributed by atoms with van der Waals surface area (Å²) in [6.07, 6.45) is 6.61. The Hall–Kier alpha value is -1.36. The third-order valence-electron chi connectivity index (χ3n) is 3.85. The second-order valence-corrected chi connectivity index (χ2v) is 5.04. The molecule has 1 aliphatic heterocycles. The van der Waals surface area contributed by atoms with E-state index in [-0.39, 0.29) is 5.97 Å². The van der Waals surface area contributed by atoms with E-state index in [1.807, 2.05) is 12.4 Å². The summed E-state index contributed by atoms with van der Waals surface area (Å²) in [7, 11) is 1.43. The summed E-state index contributed by atoms with van der Waals surface area (Å²) in [5.41, 5.74) is 0. The van der Waals surface area contributed by atoms with Crippen molar-refractivity contribution >= 4 is 5.97 Å². The van der Waals surface area contributed by atoms with Crippen LogP contribution in [0.2, 0.25) is 0 Å². The summed E-state index contributed by atoms with van der Waals surface area (Å²) in [6.45, 7) is 6.22. The van der Waals surface area contributed by atoms with Crippen molar-refractivity contribution in [2.24, 2.45) is 0 Å². The Kier molecular flexibility index (Phi) is 4.96. The van der Waals surface area contributed by atoms with Crippen LogP contribution in [0.4, 0.5) is 0 Å². The average molecular weight is 265 g/mol. The van der Waals surface area contributed by atoms with Gasteiger partial charge in [-0.05, 0) is 25.9 Å². The van der Waals surface area contributed by atoms with Crippen molar-refractivity contribution in [1.82, 2.24) is 14.5 Å². The van der Waals surface area contributed by atoms with Crippen LogP contribution in [0, 0.1) is 0 Å². The maximum atomic E-state index is 11.2. The van der Waals surface area contributed by atoms with Gasteiger partial charge in [-0.1, -0.05) is 6.92 Å². The highest BCUT2D eigenvalue weighted by Gasteiger charge is 2.23. The SMILES string of the molecule is CCN1CCC[C@H](c2nccn2CCC(=O)OC)C1. The van der Waals surface area contributed by atoms with Crippen molar-refractivity contribution < 1.29 is 9.53 Å². The summed E-state index contributed by atoms with van der Waals surface area (Å²) in [5, 5.41) is 0. The van der Waals surface area contributed by atoms with Gasteiger partial charge in [-0.25, -0.2) is 4.98 Å². The van der Waals surface area contributed by atoms with Crippen LogP contribution < -0.4 is 0 Å². The van der Waals surface area contributed by atoms with Crippen LogP contribution in [0.1, 0.15) is 37.9 Å². The van der Waals surface area contributed by atoms with Crippen LogP contribution in [0.15, 0.2) is 12.4 Å². The van der Waals surface area contributed by atoms with E-state index < -0.39 is 0 Å². The number of hydrogen-bond acceptors (Lipinski definition) is 4. The number of hydrogen-bond donors (Lipinski definition) is 0. The van der Waals surface area contributed by atoms with E-state index in [0.717, 1.165) is 18.9 Å². The average Bonchev–Trinajstić information content (AvgIpc) is 2.93. The van der Waals surface area contributed by atoms with Gasteiger partial charge in [0.1, 0.15) is 5.82 Å². The first-order valence-corrected chi connectivity index (χ1v) is 7.04. The summed E-state index contributed by atoms with van der Waals surface area (Å²) < 4.78 is 6.79. The molecule has 0 aliphatic carbocycles. The van der Waals surface area contributed by atoms with Crippen LogP contribution in [-0.2, 0) is 16.1 Å². The van der Waals surface area contributed by atoms with E-state index >= 15 is 0 Å². The molecule has 2 rings (SSSR count). The predicted molar refractivity (Wildman–Crippen MR) is 72.9 cm³/mol. The maximum absolute atomic E-state index is 11.2. The fourth-order valence-corrected chi connectivity index (χ4v) is 2.74. The molecule has 19 heavy (non-hydrogen) atoms. The normalized spacial score (nSPS) is 20.4. The highest BCUT2D eigenvalue weighted by Crippen LogP contribution is 2.25. The van der Waals surface area contributed by atoms with Gasteiger partial charge in [-0.15, -0.1) is 0 Å². The quantitative estimate of drug-likeness (QED) is 0.759. The fourth-order valence-electron chi connectivity index (χ4n) is 2.74. The topological polar surface area (TPSA) is 47.4 Å². The number of piperidine rings is 1. The van der Waals surface area contributed by atoms with Gasteiger partial charge >= 0.3 is 5.97 Å². The smallest absolute Gasteiger partial charge is 0.307 e. The van der Waals surface area contributed by atoms with E-state index in [4.69, 9.17) is 0 Å². The number of rotatable bonds is 5. The molecule has 5 nitrogen and oxygen atoms in total. The van der Waals surface area contributed by atoms with E-state index in [2.05, 4.69) is 26.1 Å². The molecular formula is C14H23N3O2. The van der Waals surface area contributed by atoms with Crippen molar-refractivity contribution in [3.8, 4) is 0 Å². The molecule has 1 aromatic rings. The Labute approximate surface area is 114 Å². The number of nitrogens with zero attached hydrogens (tertiary/aromatic N) is 3. The largest absolute Gasteiger partial charge is 0.469 e. The van der Waals surface area contributed by atoms with Crippen LogP contribution >= 0.6 is 0 Å². The molecule has 1 atom stereocenters. The molecule has 1 aliphatic rings. The second-order valence-electron chi connectivity index (χ2n) is 5.04. The first-order chi connectivity index (χ1) is 9.24. The van der Waals surface area contributed by atoms with Crippen LogP contribution in [-0.4, -0.2) is 47.2 Å². The number of methoxy groups -OCH3 is 1. The predicted octanol–water partition coefficient (Wildman–Crippen LogP) is 1.65. The zero-order chi connectivity index (χ0) is 13.7. The summed E-state index contributed by atoms with van der Waals surface area (Å²) in [4.78, 5) is 18.2. The number of likely N-dealkylation sites (N-methyl/N-ethyl adjacent to an activating group) is 1. The molecule has 0 saturated carbocycles. The number of imidazole rings is 1. The van der Waals surface area contributed by atoms with Gasteiger partial charge in [-0.3, -0.25) is 4.79 Å². The molecular weight excluding hydrogens is 242 g/mol. The fraction of sp³-hybridized carbons (Fsp3) is 0.714. The Morgan fingerprint density at radius 2 is 2.42 bits per heavy atom. The molecule has 5 heteroatoms. The van der Waals surface area contributed by atoms with E-state index in [1.54, 1.807) is 0 Å². The highest BCUT2D eigenvalue weighted by molar-refractivity contribution is 5.68. The Bertz CT molecular complexity index is 417. The van der Waals surface area contributed by atoms with Gasteiger partial charge in [0.25, 0.3) is 0 Å². The lowest BCUT2D eigenvalue weighted by molar-refractivity contribution is -0.140. The molecule has 0 aromatic carbocycles. The van der Waals surface area contributed by atoms with Crippen molar-refractivity contribution in [3.05, 3.63) is 18.2 Å². The minimum atomic E-state index is -0.168. The third kappa shape index (κ3) is 3.56. The lowest BCUT2D eigenvalue weighted by Gasteiger charge is -2.31. The van der Waals surface area contributed by atoms with Crippen LogP contribution in [0.5, 0.6) is 0 Å². The number of esters is 1. The molecule has 0 amide bonds. The molecule has 1 aromatic heterocycles. The van der Waals surface area contributed by atoms with E-state index in [0.29, 0.717) is 18.9 Å². The lowest BCUT2D eigenvalue weighted by atomic mass is 9.97. The minimum Gasteiger partial charge on any atom is -0.469 e. The molecule has 2 heterocycles. The van der Waals surface area contributed by atoms with Gasteiger partial charge in [0.15, 0.2) is 0 Å². The zero-order valence-corrected chi connectivity index (χ0v) is 11.8.